The number of nitrogens with one attached hydrogen (secondary N) is 2. The molecule has 0 bridgehead atoms. The van der Waals surface area contributed by atoms with E-state index in [2.05, 4.69) is 15.8 Å². The van der Waals surface area contributed by atoms with Gasteiger partial charge >= 0.3 is 0 Å². The van der Waals surface area contributed by atoms with Gasteiger partial charge in [0.2, 0.25) is 11.8 Å². The number of anilines is 1. The molecule has 0 aliphatic carbocycles. The first-order valence-corrected chi connectivity index (χ1v) is 7.85. The highest BCUT2D eigenvalue weighted by molar-refractivity contribution is 6.30. The van der Waals surface area contributed by atoms with Gasteiger partial charge in [-0.1, -0.05) is 47.5 Å². The van der Waals surface area contributed by atoms with Crippen molar-refractivity contribution in [3.05, 3.63) is 64.7 Å². The molecule has 5 nitrogen and oxygen atoms in total. The highest BCUT2D eigenvalue weighted by atomic mass is 35.5. The maximum atomic E-state index is 11.8. The lowest BCUT2D eigenvalue weighted by Gasteiger charge is -2.05. The average Bonchev–Trinajstić information content (AvgIpc) is 2.55. The maximum absolute atomic E-state index is 11.8. The minimum atomic E-state index is -0.320. The van der Waals surface area contributed by atoms with Gasteiger partial charge in [-0.05, 0) is 30.7 Å². The molecule has 2 amide bonds. The third-order valence-corrected chi connectivity index (χ3v) is 3.40. The first kappa shape index (κ1) is 17.7. The summed E-state index contributed by atoms with van der Waals surface area (Å²) in [6.45, 7) is 2.00. The van der Waals surface area contributed by atoms with E-state index >= 15 is 0 Å². The predicted molar refractivity (Wildman–Crippen MR) is 96.2 cm³/mol. The smallest absolute Gasteiger partial charge is 0.240 e. The first-order valence-electron chi connectivity index (χ1n) is 7.47. The summed E-state index contributed by atoms with van der Waals surface area (Å²) in [4.78, 5) is 23.5. The van der Waals surface area contributed by atoms with Crippen LogP contribution in [-0.2, 0) is 9.59 Å². The fourth-order valence-electron chi connectivity index (χ4n) is 1.90. The summed E-state index contributed by atoms with van der Waals surface area (Å²) < 4.78 is 0. The molecule has 24 heavy (non-hydrogen) atoms. The lowest BCUT2D eigenvalue weighted by molar-refractivity contribution is -0.124. The van der Waals surface area contributed by atoms with Crippen molar-refractivity contribution in [1.29, 1.82) is 0 Å². The van der Waals surface area contributed by atoms with E-state index in [0.717, 1.165) is 11.1 Å². The second kappa shape index (κ2) is 8.84. The van der Waals surface area contributed by atoms with Gasteiger partial charge in [0.1, 0.15) is 0 Å². The molecule has 0 fully saturated rings. The van der Waals surface area contributed by atoms with Crippen LogP contribution in [0.3, 0.4) is 0 Å². The molecule has 0 aromatic heterocycles. The Hall–Kier alpha value is -2.66. The van der Waals surface area contributed by atoms with Crippen molar-refractivity contribution in [3.63, 3.8) is 0 Å². The third-order valence-electron chi connectivity index (χ3n) is 3.17. The van der Waals surface area contributed by atoms with E-state index in [9.17, 15) is 9.59 Å². The van der Waals surface area contributed by atoms with E-state index in [1.165, 1.54) is 0 Å². The summed E-state index contributed by atoms with van der Waals surface area (Å²) in [5.41, 5.74) is 5.05. The molecule has 0 aliphatic heterocycles. The van der Waals surface area contributed by atoms with Crippen LogP contribution in [0.25, 0.3) is 0 Å². The Morgan fingerprint density at radius 3 is 2.50 bits per heavy atom. The maximum Gasteiger partial charge on any atom is 0.240 e. The van der Waals surface area contributed by atoms with E-state index in [-0.39, 0.29) is 24.7 Å². The number of nitrogens with zero attached hydrogens (tertiary/aromatic N) is 1. The lowest BCUT2D eigenvalue weighted by Crippen LogP contribution is -2.20. The molecule has 6 heteroatoms. The molecule has 2 N–H and O–H groups in total. The van der Waals surface area contributed by atoms with Crippen molar-refractivity contribution >= 4 is 35.3 Å². The van der Waals surface area contributed by atoms with Gasteiger partial charge < -0.3 is 5.32 Å². The van der Waals surface area contributed by atoms with Crippen LogP contribution in [0, 0.1) is 6.92 Å². The highest BCUT2D eigenvalue weighted by Crippen LogP contribution is 2.15. The van der Waals surface area contributed by atoms with Crippen LogP contribution >= 0.6 is 11.6 Å². The van der Waals surface area contributed by atoms with Crippen molar-refractivity contribution in [2.45, 2.75) is 19.8 Å². The Morgan fingerprint density at radius 2 is 1.79 bits per heavy atom. The van der Waals surface area contributed by atoms with E-state index in [0.29, 0.717) is 10.7 Å². The average molecular weight is 344 g/mol. The van der Waals surface area contributed by atoms with Crippen LogP contribution in [0.4, 0.5) is 5.69 Å². The van der Waals surface area contributed by atoms with Crippen LogP contribution in [0.2, 0.25) is 5.02 Å². The number of carbonyl (C=O) groups excluding carboxylic acids is 2. The molecule has 0 spiro atoms. The third kappa shape index (κ3) is 6.22. The molecule has 2 aromatic carbocycles. The van der Waals surface area contributed by atoms with E-state index in [1.54, 1.807) is 30.5 Å². The Bertz CT molecular complexity index is 742. The van der Waals surface area contributed by atoms with Gasteiger partial charge in [-0.3, -0.25) is 9.59 Å². The quantitative estimate of drug-likeness (QED) is 0.622. The van der Waals surface area contributed by atoms with Crippen LogP contribution in [0.1, 0.15) is 24.0 Å². The van der Waals surface area contributed by atoms with Gasteiger partial charge in [0, 0.05) is 23.6 Å². The van der Waals surface area contributed by atoms with E-state index < -0.39 is 0 Å². The van der Waals surface area contributed by atoms with Gasteiger partial charge in [-0.2, -0.15) is 5.10 Å². The fourth-order valence-corrected chi connectivity index (χ4v) is 2.09. The molecule has 0 saturated carbocycles. The largest absolute Gasteiger partial charge is 0.326 e. The Kier molecular flexibility index (Phi) is 6.51. The fraction of sp³-hybridized carbons (Fsp3) is 0.167. The molecule has 0 saturated heterocycles. The minimum absolute atomic E-state index is 0.0532. The Labute approximate surface area is 145 Å². The van der Waals surface area contributed by atoms with E-state index in [4.69, 9.17) is 11.6 Å². The number of hydrogen-bond donors (Lipinski definition) is 2. The van der Waals surface area contributed by atoms with Crippen molar-refractivity contribution in [1.82, 2.24) is 5.43 Å². The summed E-state index contributed by atoms with van der Waals surface area (Å²) in [5.74, 6) is -0.575. The zero-order valence-electron chi connectivity index (χ0n) is 13.3. The molecular weight excluding hydrogens is 326 g/mol. The molecule has 0 aliphatic rings. The highest BCUT2D eigenvalue weighted by Gasteiger charge is 2.06. The molecular formula is C18H18ClN3O2. The van der Waals surface area contributed by atoms with Crippen LogP contribution in [0.5, 0.6) is 0 Å². The number of amides is 2. The standard InChI is InChI=1S/C18H18ClN3O2/c1-13-5-7-14(8-6-13)12-20-22-18(24)10-9-17(23)21-16-4-2-3-15(19)11-16/h2-8,11-12H,9-10H2,1H3,(H,21,23)(H,22,24)/b20-12+. The summed E-state index contributed by atoms with van der Waals surface area (Å²) in [6.07, 6.45) is 1.68. The number of hydrazone groups is 1. The van der Waals surface area contributed by atoms with Crippen molar-refractivity contribution in [2.75, 3.05) is 5.32 Å². The predicted octanol–water partition coefficient (Wildman–Crippen LogP) is 3.52. The number of benzene rings is 2. The summed E-state index contributed by atoms with van der Waals surface area (Å²) in [5, 5.41) is 7.09. The summed E-state index contributed by atoms with van der Waals surface area (Å²) in [7, 11) is 0. The number of rotatable bonds is 6. The number of hydrogen-bond acceptors (Lipinski definition) is 3. The van der Waals surface area contributed by atoms with E-state index in [1.807, 2.05) is 31.2 Å². The zero-order chi connectivity index (χ0) is 17.4. The summed E-state index contributed by atoms with van der Waals surface area (Å²) >= 11 is 5.84. The molecule has 0 heterocycles. The van der Waals surface area contributed by atoms with Crippen LogP contribution in [-0.4, -0.2) is 18.0 Å². The normalized spacial score (nSPS) is 10.6. The SMILES string of the molecule is Cc1ccc(/C=N/NC(=O)CCC(=O)Nc2cccc(Cl)c2)cc1. The van der Waals surface area contributed by atoms with Gasteiger partial charge in [-0.15, -0.1) is 0 Å². The molecule has 0 radical (unpaired) electrons. The summed E-state index contributed by atoms with van der Waals surface area (Å²) in [6, 6.07) is 14.6. The molecule has 0 atom stereocenters. The van der Waals surface area contributed by atoms with Crippen LogP contribution < -0.4 is 10.7 Å². The minimum Gasteiger partial charge on any atom is -0.326 e. The topological polar surface area (TPSA) is 70.6 Å². The number of halogens is 1. The van der Waals surface area contributed by atoms with Gasteiger partial charge in [0.05, 0.1) is 6.21 Å². The van der Waals surface area contributed by atoms with Crippen LogP contribution in [0.15, 0.2) is 53.6 Å². The number of aryl methyl sites for hydroxylation is 1. The molecule has 2 rings (SSSR count). The number of carbonyl (C=O) groups is 2. The van der Waals surface area contributed by atoms with Crippen molar-refractivity contribution in [2.24, 2.45) is 5.10 Å². The molecule has 124 valence electrons. The molecule has 2 aromatic rings. The van der Waals surface area contributed by atoms with Crippen molar-refractivity contribution < 1.29 is 9.59 Å². The van der Waals surface area contributed by atoms with Gasteiger partial charge in [0.25, 0.3) is 0 Å². The zero-order valence-corrected chi connectivity index (χ0v) is 14.0. The first-order chi connectivity index (χ1) is 11.5. The Morgan fingerprint density at radius 1 is 1.08 bits per heavy atom. The molecule has 0 unspecified atom stereocenters. The second-order valence-corrected chi connectivity index (χ2v) is 5.70. The monoisotopic (exact) mass is 343 g/mol. The second-order valence-electron chi connectivity index (χ2n) is 5.26. The van der Waals surface area contributed by atoms with Crippen molar-refractivity contribution in [3.8, 4) is 0 Å². The van der Waals surface area contributed by atoms with Gasteiger partial charge in [-0.25, -0.2) is 5.43 Å². The Balaban J connectivity index is 1.72. The lowest BCUT2D eigenvalue weighted by atomic mass is 10.2. The van der Waals surface area contributed by atoms with Gasteiger partial charge in [0.15, 0.2) is 0 Å².